The van der Waals surface area contributed by atoms with Crippen LogP contribution < -0.4 is 10.6 Å². The molecule has 1 amide bonds. The van der Waals surface area contributed by atoms with Gasteiger partial charge in [-0.2, -0.15) is 0 Å². The number of ether oxygens (including phenoxy) is 1. The molecular formula is C12H22N2O2. The Morgan fingerprint density at radius 2 is 2.12 bits per heavy atom. The van der Waals surface area contributed by atoms with Gasteiger partial charge < -0.3 is 15.4 Å². The van der Waals surface area contributed by atoms with Crippen molar-refractivity contribution in [1.29, 1.82) is 0 Å². The Labute approximate surface area is 97.1 Å². The van der Waals surface area contributed by atoms with Gasteiger partial charge in [0.25, 0.3) is 0 Å². The third-order valence-corrected chi connectivity index (χ3v) is 3.71. The second-order valence-corrected chi connectivity index (χ2v) is 4.82. The predicted octanol–water partition coefficient (Wildman–Crippen LogP) is 0.812. The van der Waals surface area contributed by atoms with Gasteiger partial charge in [-0.1, -0.05) is 0 Å². The second kappa shape index (κ2) is 5.64. The summed E-state index contributed by atoms with van der Waals surface area (Å²) in [6, 6.07) is 0.349. The zero-order valence-electron chi connectivity index (χ0n) is 10.00. The fraction of sp³-hybridized carbons (Fsp3) is 0.917. The van der Waals surface area contributed by atoms with E-state index in [2.05, 4.69) is 10.6 Å². The van der Waals surface area contributed by atoms with Crippen LogP contribution in [0, 0.1) is 0 Å². The highest BCUT2D eigenvalue weighted by Gasteiger charge is 2.31. The van der Waals surface area contributed by atoms with Crippen molar-refractivity contribution in [3.8, 4) is 0 Å². The fourth-order valence-corrected chi connectivity index (χ4v) is 2.76. The van der Waals surface area contributed by atoms with E-state index < -0.39 is 0 Å². The molecule has 1 saturated carbocycles. The molecule has 4 heteroatoms. The number of carbonyl (C=O) groups excluding carboxylic acids is 1. The van der Waals surface area contributed by atoms with Gasteiger partial charge in [-0.15, -0.1) is 0 Å². The standard InChI is InChI=1S/C12H22N2O2/c1-16-11-7-4-6-9(11)14-10-5-2-3-8-13-12(10)15/h9-11,14H,2-8H2,1H3,(H,13,15). The SMILES string of the molecule is COC1CCCC1NC1CCCCNC1=O. The van der Waals surface area contributed by atoms with Crippen LogP contribution >= 0.6 is 0 Å². The molecule has 2 N–H and O–H groups in total. The molecule has 0 bridgehead atoms. The molecule has 0 spiro atoms. The van der Waals surface area contributed by atoms with E-state index in [0.29, 0.717) is 6.04 Å². The summed E-state index contributed by atoms with van der Waals surface area (Å²) in [5.74, 6) is 0.166. The predicted molar refractivity (Wildman–Crippen MR) is 62.2 cm³/mol. The van der Waals surface area contributed by atoms with E-state index in [0.717, 1.165) is 38.6 Å². The van der Waals surface area contributed by atoms with Crippen molar-refractivity contribution >= 4 is 5.91 Å². The first-order valence-corrected chi connectivity index (χ1v) is 6.38. The highest BCUT2D eigenvalue weighted by molar-refractivity contribution is 5.81. The van der Waals surface area contributed by atoms with Crippen molar-refractivity contribution in [2.75, 3.05) is 13.7 Å². The maximum absolute atomic E-state index is 11.8. The summed E-state index contributed by atoms with van der Waals surface area (Å²) in [4.78, 5) is 11.8. The van der Waals surface area contributed by atoms with E-state index in [1.54, 1.807) is 7.11 Å². The molecule has 0 aromatic heterocycles. The highest BCUT2D eigenvalue weighted by Crippen LogP contribution is 2.22. The summed E-state index contributed by atoms with van der Waals surface area (Å²) in [7, 11) is 1.76. The summed E-state index contributed by atoms with van der Waals surface area (Å²) in [5, 5.41) is 6.43. The van der Waals surface area contributed by atoms with Gasteiger partial charge in [0.1, 0.15) is 0 Å². The molecule has 92 valence electrons. The van der Waals surface area contributed by atoms with E-state index in [4.69, 9.17) is 4.74 Å². The number of nitrogens with one attached hydrogen (secondary N) is 2. The van der Waals surface area contributed by atoms with Crippen molar-refractivity contribution in [1.82, 2.24) is 10.6 Å². The van der Waals surface area contributed by atoms with Crippen LogP contribution in [-0.2, 0) is 9.53 Å². The number of hydrogen-bond acceptors (Lipinski definition) is 3. The van der Waals surface area contributed by atoms with Gasteiger partial charge in [-0.25, -0.2) is 0 Å². The Morgan fingerprint density at radius 1 is 1.25 bits per heavy atom. The molecule has 2 fully saturated rings. The minimum atomic E-state index is -0.0109. The molecule has 3 unspecified atom stereocenters. The van der Waals surface area contributed by atoms with Crippen LogP contribution in [0.3, 0.4) is 0 Å². The summed E-state index contributed by atoms with van der Waals surface area (Å²) in [6.07, 6.45) is 6.91. The van der Waals surface area contributed by atoms with E-state index >= 15 is 0 Å². The molecule has 0 radical (unpaired) electrons. The Morgan fingerprint density at radius 3 is 2.94 bits per heavy atom. The van der Waals surface area contributed by atoms with E-state index in [9.17, 15) is 4.79 Å². The minimum absolute atomic E-state index is 0.0109. The number of carbonyl (C=O) groups is 1. The Hall–Kier alpha value is -0.610. The van der Waals surface area contributed by atoms with Gasteiger partial charge in [0.05, 0.1) is 12.1 Å². The van der Waals surface area contributed by atoms with Crippen LogP contribution in [0.1, 0.15) is 38.5 Å². The lowest BCUT2D eigenvalue weighted by Gasteiger charge is -2.24. The molecule has 3 atom stereocenters. The van der Waals surface area contributed by atoms with Gasteiger partial charge in [0.15, 0.2) is 0 Å². The molecule has 1 aliphatic carbocycles. The number of hydrogen-bond donors (Lipinski definition) is 2. The van der Waals surface area contributed by atoms with Gasteiger partial charge >= 0.3 is 0 Å². The van der Waals surface area contributed by atoms with Crippen molar-refractivity contribution < 1.29 is 9.53 Å². The number of methoxy groups -OCH3 is 1. The largest absolute Gasteiger partial charge is 0.380 e. The van der Waals surface area contributed by atoms with Crippen LogP contribution in [0.2, 0.25) is 0 Å². The zero-order valence-corrected chi connectivity index (χ0v) is 10.00. The second-order valence-electron chi connectivity index (χ2n) is 4.82. The smallest absolute Gasteiger partial charge is 0.237 e. The first kappa shape index (κ1) is 11.9. The maximum Gasteiger partial charge on any atom is 0.237 e. The Balaban J connectivity index is 1.89. The summed E-state index contributed by atoms with van der Waals surface area (Å²) in [5.41, 5.74) is 0. The summed E-state index contributed by atoms with van der Waals surface area (Å²) in [6.45, 7) is 0.829. The summed E-state index contributed by atoms with van der Waals surface area (Å²) >= 11 is 0. The molecule has 0 aromatic carbocycles. The van der Waals surface area contributed by atoms with E-state index in [1.807, 2.05) is 0 Å². The van der Waals surface area contributed by atoms with Crippen LogP contribution in [-0.4, -0.2) is 37.7 Å². The van der Waals surface area contributed by atoms with E-state index in [-0.39, 0.29) is 18.1 Å². The van der Waals surface area contributed by atoms with Crippen molar-refractivity contribution in [2.24, 2.45) is 0 Å². The fourth-order valence-electron chi connectivity index (χ4n) is 2.76. The third-order valence-electron chi connectivity index (χ3n) is 3.71. The summed E-state index contributed by atoms with van der Waals surface area (Å²) < 4.78 is 5.44. The normalized spacial score (nSPS) is 35.8. The molecule has 4 nitrogen and oxygen atoms in total. The quantitative estimate of drug-likeness (QED) is 0.749. The third kappa shape index (κ3) is 2.74. The molecule has 0 aromatic rings. The average Bonchev–Trinajstić information content (AvgIpc) is 2.64. The molecule has 1 heterocycles. The maximum atomic E-state index is 11.8. The molecule has 1 aliphatic heterocycles. The van der Waals surface area contributed by atoms with Gasteiger partial charge in [0.2, 0.25) is 5.91 Å². The van der Waals surface area contributed by atoms with Gasteiger partial charge in [-0.3, -0.25) is 4.79 Å². The topological polar surface area (TPSA) is 50.4 Å². The number of amides is 1. The highest BCUT2D eigenvalue weighted by atomic mass is 16.5. The van der Waals surface area contributed by atoms with Crippen molar-refractivity contribution in [2.45, 2.75) is 56.7 Å². The van der Waals surface area contributed by atoms with Crippen LogP contribution in [0.15, 0.2) is 0 Å². The van der Waals surface area contributed by atoms with Crippen molar-refractivity contribution in [3.05, 3.63) is 0 Å². The molecule has 16 heavy (non-hydrogen) atoms. The molecule has 2 rings (SSSR count). The molecule has 1 saturated heterocycles. The van der Waals surface area contributed by atoms with Crippen LogP contribution in [0.5, 0.6) is 0 Å². The average molecular weight is 226 g/mol. The lowest BCUT2D eigenvalue weighted by molar-refractivity contribution is -0.123. The zero-order chi connectivity index (χ0) is 11.4. The van der Waals surface area contributed by atoms with Crippen LogP contribution in [0.25, 0.3) is 0 Å². The lowest BCUT2D eigenvalue weighted by Crippen LogP contribution is -2.49. The molecular weight excluding hydrogens is 204 g/mol. The first-order valence-electron chi connectivity index (χ1n) is 6.38. The molecule has 2 aliphatic rings. The Kier molecular flexibility index (Phi) is 4.18. The monoisotopic (exact) mass is 226 g/mol. The van der Waals surface area contributed by atoms with Gasteiger partial charge in [-0.05, 0) is 38.5 Å². The number of rotatable bonds is 3. The van der Waals surface area contributed by atoms with Gasteiger partial charge in [0, 0.05) is 19.7 Å². The Bertz CT molecular complexity index is 245. The van der Waals surface area contributed by atoms with E-state index in [1.165, 1.54) is 6.42 Å². The lowest BCUT2D eigenvalue weighted by atomic mass is 10.1. The van der Waals surface area contributed by atoms with Crippen LogP contribution in [0.4, 0.5) is 0 Å². The first-order chi connectivity index (χ1) is 7.81. The minimum Gasteiger partial charge on any atom is -0.380 e. The van der Waals surface area contributed by atoms with Crippen molar-refractivity contribution in [3.63, 3.8) is 0 Å².